The number of halogens is 1. The standard InChI is InChI=1S/C13H15BrN2/c1-3-10(9-16-2)13(15)12-7-5-4-6-11(12)8-14/h3-7,9,13H,1-2,8,15H2/b10-9+. The molecule has 0 aromatic heterocycles. The van der Waals surface area contributed by atoms with Gasteiger partial charge in [0.1, 0.15) is 0 Å². The third kappa shape index (κ3) is 2.90. The summed E-state index contributed by atoms with van der Waals surface area (Å²) in [6.07, 6.45) is 3.35. The van der Waals surface area contributed by atoms with Gasteiger partial charge in [-0.15, -0.1) is 0 Å². The second-order valence-electron chi connectivity index (χ2n) is 3.33. The van der Waals surface area contributed by atoms with Crippen molar-refractivity contribution in [1.29, 1.82) is 0 Å². The predicted molar refractivity (Wildman–Crippen MR) is 73.8 cm³/mol. The van der Waals surface area contributed by atoms with Crippen molar-refractivity contribution >= 4 is 22.6 Å². The van der Waals surface area contributed by atoms with Gasteiger partial charge in [-0.3, -0.25) is 4.99 Å². The Morgan fingerprint density at radius 1 is 1.50 bits per heavy atom. The minimum absolute atomic E-state index is 0.211. The van der Waals surface area contributed by atoms with Crippen molar-refractivity contribution in [3.8, 4) is 0 Å². The van der Waals surface area contributed by atoms with Gasteiger partial charge in [0.25, 0.3) is 0 Å². The lowest BCUT2D eigenvalue weighted by molar-refractivity contribution is 0.856. The van der Waals surface area contributed by atoms with Crippen LogP contribution in [0.3, 0.4) is 0 Å². The van der Waals surface area contributed by atoms with Gasteiger partial charge in [-0.2, -0.15) is 0 Å². The molecule has 0 saturated carbocycles. The summed E-state index contributed by atoms with van der Waals surface area (Å²) in [4.78, 5) is 3.73. The first-order valence-electron chi connectivity index (χ1n) is 4.92. The maximum absolute atomic E-state index is 6.16. The number of rotatable bonds is 5. The van der Waals surface area contributed by atoms with E-state index in [2.05, 4.69) is 34.2 Å². The van der Waals surface area contributed by atoms with Crippen LogP contribution in [-0.2, 0) is 5.33 Å². The molecule has 2 N–H and O–H groups in total. The third-order valence-corrected chi connectivity index (χ3v) is 2.97. The highest BCUT2D eigenvalue weighted by molar-refractivity contribution is 9.08. The Morgan fingerprint density at radius 2 is 2.19 bits per heavy atom. The van der Waals surface area contributed by atoms with E-state index in [-0.39, 0.29) is 6.04 Å². The quantitative estimate of drug-likeness (QED) is 0.501. The van der Waals surface area contributed by atoms with Crippen LogP contribution in [0.15, 0.2) is 53.7 Å². The number of hydrogen-bond acceptors (Lipinski definition) is 2. The summed E-state index contributed by atoms with van der Waals surface area (Å²) in [5, 5.41) is 0.781. The Balaban J connectivity index is 3.12. The fraction of sp³-hybridized carbons (Fsp3) is 0.154. The topological polar surface area (TPSA) is 38.4 Å². The number of alkyl halides is 1. The molecule has 0 saturated heterocycles. The van der Waals surface area contributed by atoms with Gasteiger partial charge in [0.2, 0.25) is 0 Å². The molecule has 1 atom stereocenters. The Labute approximate surface area is 105 Å². The molecule has 0 spiro atoms. The summed E-state index contributed by atoms with van der Waals surface area (Å²) in [6.45, 7) is 7.16. The van der Waals surface area contributed by atoms with Gasteiger partial charge < -0.3 is 5.73 Å². The van der Waals surface area contributed by atoms with Crippen LogP contribution < -0.4 is 5.73 Å². The van der Waals surface area contributed by atoms with E-state index >= 15 is 0 Å². The number of hydrogen-bond donors (Lipinski definition) is 1. The largest absolute Gasteiger partial charge is 0.320 e. The van der Waals surface area contributed by atoms with Crippen molar-refractivity contribution < 1.29 is 0 Å². The van der Waals surface area contributed by atoms with Crippen molar-refractivity contribution in [3.05, 3.63) is 59.8 Å². The van der Waals surface area contributed by atoms with E-state index in [0.29, 0.717) is 0 Å². The normalized spacial score (nSPS) is 13.2. The van der Waals surface area contributed by atoms with Crippen molar-refractivity contribution in [2.75, 3.05) is 0 Å². The van der Waals surface area contributed by atoms with Gasteiger partial charge in [0, 0.05) is 11.5 Å². The zero-order valence-corrected chi connectivity index (χ0v) is 10.7. The summed E-state index contributed by atoms with van der Waals surface area (Å²) in [6, 6.07) is 7.82. The molecule has 0 heterocycles. The average molecular weight is 279 g/mol. The smallest absolute Gasteiger partial charge is 0.0569 e. The van der Waals surface area contributed by atoms with E-state index in [1.807, 2.05) is 24.3 Å². The van der Waals surface area contributed by atoms with E-state index in [9.17, 15) is 0 Å². The minimum Gasteiger partial charge on any atom is -0.320 e. The van der Waals surface area contributed by atoms with Crippen molar-refractivity contribution in [3.63, 3.8) is 0 Å². The van der Waals surface area contributed by atoms with Crippen molar-refractivity contribution in [2.45, 2.75) is 11.4 Å². The summed E-state index contributed by atoms with van der Waals surface area (Å²) in [5.41, 5.74) is 9.28. The highest BCUT2D eigenvalue weighted by atomic mass is 79.9. The molecule has 0 fully saturated rings. The van der Waals surface area contributed by atoms with E-state index in [4.69, 9.17) is 5.73 Å². The molecule has 1 rings (SSSR count). The number of aliphatic imine (C=N–C) groups is 1. The summed E-state index contributed by atoms with van der Waals surface area (Å²) in [7, 11) is 0. The van der Waals surface area contributed by atoms with Crippen LogP contribution >= 0.6 is 15.9 Å². The van der Waals surface area contributed by atoms with Crippen molar-refractivity contribution in [1.82, 2.24) is 0 Å². The van der Waals surface area contributed by atoms with Crippen LogP contribution in [0.25, 0.3) is 0 Å². The minimum atomic E-state index is -0.211. The summed E-state index contributed by atoms with van der Waals surface area (Å²) < 4.78 is 0. The fourth-order valence-electron chi connectivity index (χ4n) is 1.50. The Morgan fingerprint density at radius 3 is 2.75 bits per heavy atom. The van der Waals surface area contributed by atoms with Crippen LogP contribution in [0.4, 0.5) is 0 Å². The monoisotopic (exact) mass is 278 g/mol. The van der Waals surface area contributed by atoms with Gasteiger partial charge in [-0.25, -0.2) is 0 Å². The molecule has 0 aliphatic heterocycles. The molecule has 0 bridgehead atoms. The molecule has 3 heteroatoms. The molecular formula is C13H15BrN2. The maximum atomic E-state index is 6.16. The molecule has 1 unspecified atom stereocenters. The maximum Gasteiger partial charge on any atom is 0.0569 e. The van der Waals surface area contributed by atoms with E-state index < -0.39 is 0 Å². The molecule has 0 radical (unpaired) electrons. The number of nitrogens with two attached hydrogens (primary N) is 1. The van der Waals surface area contributed by atoms with Crippen LogP contribution in [0, 0.1) is 0 Å². The molecule has 1 aromatic carbocycles. The lowest BCUT2D eigenvalue weighted by Gasteiger charge is -2.16. The molecule has 84 valence electrons. The van der Waals surface area contributed by atoms with E-state index in [1.54, 1.807) is 12.3 Å². The van der Waals surface area contributed by atoms with Crippen LogP contribution in [0.1, 0.15) is 17.2 Å². The van der Waals surface area contributed by atoms with Crippen LogP contribution in [-0.4, -0.2) is 6.72 Å². The second kappa shape index (κ2) is 6.40. The molecule has 0 aliphatic carbocycles. The van der Waals surface area contributed by atoms with E-state index in [0.717, 1.165) is 16.5 Å². The summed E-state index contributed by atoms with van der Waals surface area (Å²) in [5.74, 6) is 0. The van der Waals surface area contributed by atoms with E-state index in [1.165, 1.54) is 5.56 Å². The average Bonchev–Trinajstić information content (AvgIpc) is 2.35. The third-order valence-electron chi connectivity index (χ3n) is 2.37. The number of benzene rings is 1. The Kier molecular flexibility index (Phi) is 5.15. The zero-order valence-electron chi connectivity index (χ0n) is 9.07. The molecule has 2 nitrogen and oxygen atoms in total. The molecule has 0 aliphatic rings. The van der Waals surface area contributed by atoms with Crippen molar-refractivity contribution in [2.24, 2.45) is 10.7 Å². The Hall–Kier alpha value is -1.19. The lowest BCUT2D eigenvalue weighted by atomic mass is 9.96. The number of nitrogens with zero attached hydrogens (tertiary/aromatic N) is 1. The van der Waals surface area contributed by atoms with Crippen LogP contribution in [0.5, 0.6) is 0 Å². The predicted octanol–water partition coefficient (Wildman–Crippen LogP) is 3.35. The van der Waals surface area contributed by atoms with Gasteiger partial charge in [0.15, 0.2) is 0 Å². The molecule has 16 heavy (non-hydrogen) atoms. The fourth-order valence-corrected chi connectivity index (χ4v) is 2.01. The van der Waals surface area contributed by atoms with Gasteiger partial charge >= 0.3 is 0 Å². The highest BCUT2D eigenvalue weighted by Crippen LogP contribution is 2.24. The first-order chi connectivity index (χ1) is 7.74. The highest BCUT2D eigenvalue weighted by Gasteiger charge is 2.12. The van der Waals surface area contributed by atoms with Gasteiger partial charge in [0.05, 0.1) is 6.04 Å². The molecular weight excluding hydrogens is 264 g/mol. The Bertz CT molecular complexity index is 410. The molecule has 0 amide bonds. The van der Waals surface area contributed by atoms with Gasteiger partial charge in [-0.05, 0) is 23.4 Å². The first-order valence-corrected chi connectivity index (χ1v) is 6.04. The second-order valence-corrected chi connectivity index (χ2v) is 3.89. The SMILES string of the molecule is C=C/C(=C\N=C)C(N)c1ccccc1CBr. The lowest BCUT2D eigenvalue weighted by Crippen LogP contribution is -2.13. The van der Waals surface area contributed by atoms with Crippen LogP contribution in [0.2, 0.25) is 0 Å². The summed E-state index contributed by atoms with van der Waals surface area (Å²) >= 11 is 3.45. The molecule has 1 aromatic rings. The first kappa shape index (κ1) is 12.9. The van der Waals surface area contributed by atoms with Gasteiger partial charge in [-0.1, -0.05) is 52.9 Å². The zero-order chi connectivity index (χ0) is 12.0.